The maximum Gasteiger partial charge on any atom is 0.269 e. The van der Waals surface area contributed by atoms with E-state index in [9.17, 15) is 4.79 Å². The zero-order valence-corrected chi connectivity index (χ0v) is 9.42. The first-order valence-corrected chi connectivity index (χ1v) is 5.33. The van der Waals surface area contributed by atoms with E-state index in [0.29, 0.717) is 17.8 Å². The third-order valence-corrected chi connectivity index (χ3v) is 2.56. The van der Waals surface area contributed by atoms with E-state index in [0.717, 1.165) is 0 Å². The summed E-state index contributed by atoms with van der Waals surface area (Å²) in [5.74, 6) is 0. The second-order valence-corrected chi connectivity index (χ2v) is 3.52. The first-order chi connectivity index (χ1) is 8.27. The lowest BCUT2D eigenvalue weighted by molar-refractivity contribution is 0.725. The molecule has 0 N–H and O–H groups in total. The lowest BCUT2D eigenvalue weighted by Gasteiger charge is -2.06. The zero-order chi connectivity index (χ0) is 12.3. The Bertz CT molecular complexity index is 623. The molecule has 0 saturated carbocycles. The number of hydrogen-bond acceptors (Lipinski definition) is 3. The summed E-state index contributed by atoms with van der Waals surface area (Å²) in [6, 6.07) is 9.13. The number of nitrogens with zero attached hydrogens (tertiary/aromatic N) is 3. The van der Waals surface area contributed by atoms with Gasteiger partial charge in [-0.2, -0.15) is 5.26 Å². The van der Waals surface area contributed by atoms with E-state index >= 15 is 0 Å². The highest BCUT2D eigenvalue weighted by molar-refractivity contribution is 5.66. The number of aryl methyl sites for hydroxylation is 1. The van der Waals surface area contributed by atoms with Crippen LogP contribution in [0.25, 0.3) is 11.3 Å². The number of hydrogen-bond donors (Lipinski definition) is 0. The van der Waals surface area contributed by atoms with Crippen LogP contribution in [0.2, 0.25) is 0 Å². The fourth-order valence-corrected chi connectivity index (χ4v) is 1.67. The smallest absolute Gasteiger partial charge is 0.269 e. The van der Waals surface area contributed by atoms with Crippen LogP contribution < -0.4 is 5.56 Å². The Labute approximate surface area is 98.8 Å². The molecule has 0 unspecified atom stereocenters. The van der Waals surface area contributed by atoms with Crippen LogP contribution in [0, 0.1) is 11.3 Å². The van der Waals surface area contributed by atoms with Crippen molar-refractivity contribution in [3.05, 3.63) is 52.6 Å². The molecule has 0 atom stereocenters. The second-order valence-electron chi connectivity index (χ2n) is 3.52. The maximum atomic E-state index is 11.9. The Hall–Kier alpha value is -2.41. The molecule has 2 heterocycles. The van der Waals surface area contributed by atoms with Crippen molar-refractivity contribution in [1.29, 1.82) is 5.26 Å². The predicted molar refractivity (Wildman–Crippen MR) is 64.3 cm³/mol. The Morgan fingerprint density at radius 2 is 2.24 bits per heavy atom. The molecule has 2 aromatic rings. The Morgan fingerprint density at radius 1 is 1.41 bits per heavy atom. The molecule has 0 saturated heterocycles. The lowest BCUT2D eigenvalue weighted by atomic mass is 10.1. The molecule has 0 aromatic carbocycles. The van der Waals surface area contributed by atoms with Crippen LogP contribution in [0.1, 0.15) is 12.5 Å². The first-order valence-electron chi connectivity index (χ1n) is 5.33. The minimum atomic E-state index is -0.266. The summed E-state index contributed by atoms with van der Waals surface area (Å²) in [7, 11) is 0. The molecule has 0 aliphatic carbocycles. The van der Waals surface area contributed by atoms with Crippen LogP contribution in [-0.2, 0) is 6.54 Å². The van der Waals surface area contributed by atoms with Gasteiger partial charge in [0.05, 0.1) is 5.69 Å². The van der Waals surface area contributed by atoms with Crippen molar-refractivity contribution in [2.24, 2.45) is 0 Å². The Kier molecular flexibility index (Phi) is 3.01. The molecule has 17 heavy (non-hydrogen) atoms. The first kappa shape index (κ1) is 11.1. The van der Waals surface area contributed by atoms with E-state index < -0.39 is 0 Å². The predicted octanol–water partition coefficient (Wildman–Crippen LogP) is 1.80. The highest BCUT2D eigenvalue weighted by Gasteiger charge is 2.11. The molecule has 0 spiro atoms. The molecule has 4 heteroatoms. The molecule has 0 fully saturated rings. The molecular formula is C13H11N3O. The molecule has 0 aliphatic heterocycles. The minimum Gasteiger partial charge on any atom is -0.315 e. The molecule has 0 amide bonds. The van der Waals surface area contributed by atoms with Gasteiger partial charge in [-0.3, -0.25) is 9.78 Å². The van der Waals surface area contributed by atoms with Gasteiger partial charge >= 0.3 is 0 Å². The maximum absolute atomic E-state index is 11.9. The highest BCUT2D eigenvalue weighted by Crippen LogP contribution is 2.17. The van der Waals surface area contributed by atoms with Gasteiger partial charge in [0, 0.05) is 24.5 Å². The van der Waals surface area contributed by atoms with Crippen molar-refractivity contribution >= 4 is 0 Å². The molecule has 0 bridgehead atoms. The molecule has 0 aliphatic rings. The van der Waals surface area contributed by atoms with Crippen LogP contribution in [0.3, 0.4) is 0 Å². The Morgan fingerprint density at radius 3 is 2.82 bits per heavy atom. The third kappa shape index (κ3) is 1.95. The average molecular weight is 225 g/mol. The van der Waals surface area contributed by atoms with Gasteiger partial charge in [-0.05, 0) is 25.1 Å². The van der Waals surface area contributed by atoms with E-state index in [1.54, 1.807) is 30.6 Å². The number of nitriles is 1. The summed E-state index contributed by atoms with van der Waals surface area (Å²) in [6.45, 7) is 2.42. The van der Waals surface area contributed by atoms with Crippen molar-refractivity contribution in [2.75, 3.05) is 0 Å². The van der Waals surface area contributed by atoms with E-state index in [1.807, 2.05) is 19.1 Å². The van der Waals surface area contributed by atoms with Crippen LogP contribution >= 0.6 is 0 Å². The van der Waals surface area contributed by atoms with Crippen molar-refractivity contribution in [1.82, 2.24) is 9.55 Å². The van der Waals surface area contributed by atoms with Crippen LogP contribution in [0.5, 0.6) is 0 Å². The van der Waals surface area contributed by atoms with Crippen molar-refractivity contribution in [3.63, 3.8) is 0 Å². The summed E-state index contributed by atoms with van der Waals surface area (Å²) < 4.78 is 1.50. The molecule has 84 valence electrons. The molecule has 4 nitrogen and oxygen atoms in total. The molecule has 2 aromatic heterocycles. The van der Waals surface area contributed by atoms with Gasteiger partial charge in [-0.1, -0.05) is 6.07 Å². The van der Waals surface area contributed by atoms with E-state index in [-0.39, 0.29) is 11.1 Å². The van der Waals surface area contributed by atoms with Gasteiger partial charge in [-0.15, -0.1) is 0 Å². The molecular weight excluding hydrogens is 214 g/mol. The molecule has 2 rings (SSSR count). The van der Waals surface area contributed by atoms with Crippen molar-refractivity contribution in [3.8, 4) is 17.3 Å². The highest BCUT2D eigenvalue weighted by atomic mass is 16.1. The van der Waals surface area contributed by atoms with E-state index in [4.69, 9.17) is 5.26 Å². The summed E-state index contributed by atoms with van der Waals surface area (Å²) in [5.41, 5.74) is 1.11. The fourth-order valence-electron chi connectivity index (χ4n) is 1.67. The van der Waals surface area contributed by atoms with Gasteiger partial charge in [0.2, 0.25) is 0 Å². The standard InChI is InChI=1S/C13H11N3O/c1-2-16-8-6-10(11(9-14)13(16)17)12-5-3-4-7-15-12/h3-8H,2H2,1H3. The van der Waals surface area contributed by atoms with Gasteiger partial charge in [-0.25, -0.2) is 0 Å². The summed E-state index contributed by atoms with van der Waals surface area (Å²) >= 11 is 0. The zero-order valence-electron chi connectivity index (χ0n) is 9.42. The van der Waals surface area contributed by atoms with Crippen LogP contribution in [0.15, 0.2) is 41.5 Å². The van der Waals surface area contributed by atoms with Crippen LogP contribution in [-0.4, -0.2) is 9.55 Å². The van der Waals surface area contributed by atoms with Crippen molar-refractivity contribution in [2.45, 2.75) is 13.5 Å². The lowest BCUT2D eigenvalue weighted by Crippen LogP contribution is -2.21. The van der Waals surface area contributed by atoms with Gasteiger partial charge in [0.25, 0.3) is 5.56 Å². The quantitative estimate of drug-likeness (QED) is 0.783. The number of pyridine rings is 2. The van der Waals surface area contributed by atoms with Crippen LogP contribution in [0.4, 0.5) is 0 Å². The van der Waals surface area contributed by atoms with Gasteiger partial charge in [0.15, 0.2) is 0 Å². The van der Waals surface area contributed by atoms with Crippen molar-refractivity contribution < 1.29 is 0 Å². The van der Waals surface area contributed by atoms with Gasteiger partial charge < -0.3 is 4.57 Å². The topological polar surface area (TPSA) is 58.7 Å². The summed E-state index contributed by atoms with van der Waals surface area (Å²) in [6.07, 6.45) is 3.33. The minimum absolute atomic E-state index is 0.146. The largest absolute Gasteiger partial charge is 0.315 e. The van der Waals surface area contributed by atoms with E-state index in [2.05, 4.69) is 4.98 Å². The Balaban J connectivity index is 2.70. The monoisotopic (exact) mass is 225 g/mol. The van der Waals surface area contributed by atoms with E-state index in [1.165, 1.54) is 4.57 Å². The second kappa shape index (κ2) is 4.62. The fraction of sp³-hybridized carbons (Fsp3) is 0.154. The summed E-state index contributed by atoms with van der Waals surface area (Å²) in [4.78, 5) is 16.1. The normalized spacial score (nSPS) is 9.88. The number of rotatable bonds is 2. The SMILES string of the molecule is CCn1ccc(-c2ccccn2)c(C#N)c1=O. The average Bonchev–Trinajstić information content (AvgIpc) is 2.39. The third-order valence-electron chi connectivity index (χ3n) is 2.56. The summed E-state index contributed by atoms with van der Waals surface area (Å²) in [5, 5.41) is 9.09. The van der Waals surface area contributed by atoms with Gasteiger partial charge in [0.1, 0.15) is 11.6 Å². The molecule has 0 radical (unpaired) electrons. The number of aromatic nitrogens is 2.